The minimum absolute atomic E-state index is 0.0389. The molecule has 2 N–H and O–H groups in total. The summed E-state index contributed by atoms with van der Waals surface area (Å²) in [5, 5.41) is 20.6. The van der Waals surface area contributed by atoms with Gasteiger partial charge in [-0.1, -0.05) is 19.9 Å². The fourth-order valence-electron chi connectivity index (χ4n) is 7.39. The van der Waals surface area contributed by atoms with Crippen LogP contribution in [0, 0.1) is 34.5 Å². The van der Waals surface area contributed by atoms with E-state index in [1.165, 1.54) is 6.42 Å². The van der Waals surface area contributed by atoms with Gasteiger partial charge in [0, 0.05) is 5.92 Å². The van der Waals surface area contributed by atoms with Crippen molar-refractivity contribution >= 4 is 5.78 Å². The predicted molar refractivity (Wildman–Crippen MR) is 93.3 cm³/mol. The summed E-state index contributed by atoms with van der Waals surface area (Å²) < 4.78 is 0. The number of ketones is 1. The van der Waals surface area contributed by atoms with Crippen LogP contribution in [0.1, 0.15) is 65.7 Å². The molecule has 0 aromatic carbocycles. The molecule has 0 unspecified atom stereocenters. The molecule has 4 aliphatic rings. The summed E-state index contributed by atoms with van der Waals surface area (Å²) in [6.45, 7) is 6.47. The van der Waals surface area contributed by atoms with E-state index in [2.05, 4.69) is 19.9 Å². The van der Waals surface area contributed by atoms with Gasteiger partial charge < -0.3 is 10.2 Å². The lowest BCUT2D eigenvalue weighted by atomic mass is 9.47. The Hall–Kier alpha value is -0.670. The minimum Gasteiger partial charge on any atom is -0.390 e. The van der Waals surface area contributed by atoms with E-state index in [4.69, 9.17) is 0 Å². The maximum atomic E-state index is 12.2. The number of carbonyl (C=O) groups is 1. The SMILES string of the molecule is CC(=O)[C@H]1CC[C@H]2[C@@H]3CC=C4[C@H](O)[C@@H](O)CC[C@]4(C)[C@H]3CC[C@]12C. The third-order valence-electron chi connectivity index (χ3n) is 8.66. The van der Waals surface area contributed by atoms with E-state index in [1.54, 1.807) is 6.92 Å². The number of aliphatic hydroxyl groups is 2. The molecule has 0 amide bonds. The first kappa shape index (κ1) is 16.8. The number of hydrogen-bond donors (Lipinski definition) is 2. The smallest absolute Gasteiger partial charge is 0.133 e. The number of fused-ring (bicyclic) bond motifs is 5. The van der Waals surface area contributed by atoms with Crippen molar-refractivity contribution in [2.45, 2.75) is 77.9 Å². The number of hydrogen-bond acceptors (Lipinski definition) is 3. The molecule has 134 valence electrons. The summed E-state index contributed by atoms with van der Waals surface area (Å²) in [6.07, 6.45) is 8.25. The first-order valence-corrected chi connectivity index (χ1v) is 9.86. The zero-order valence-electron chi connectivity index (χ0n) is 15.3. The van der Waals surface area contributed by atoms with Gasteiger partial charge in [-0.05, 0) is 86.0 Å². The van der Waals surface area contributed by atoms with Crippen molar-refractivity contribution in [3.8, 4) is 0 Å². The number of allylic oxidation sites excluding steroid dienone is 1. The van der Waals surface area contributed by atoms with E-state index in [-0.39, 0.29) is 16.7 Å². The maximum Gasteiger partial charge on any atom is 0.133 e. The molecule has 0 aromatic rings. The van der Waals surface area contributed by atoms with Crippen LogP contribution in [0.4, 0.5) is 0 Å². The second-order valence-corrected chi connectivity index (χ2v) is 9.53. The Balaban J connectivity index is 1.68. The molecule has 0 saturated heterocycles. The van der Waals surface area contributed by atoms with Gasteiger partial charge in [-0.2, -0.15) is 0 Å². The highest BCUT2D eigenvalue weighted by molar-refractivity contribution is 5.79. The largest absolute Gasteiger partial charge is 0.390 e. The van der Waals surface area contributed by atoms with E-state index in [0.29, 0.717) is 30.0 Å². The van der Waals surface area contributed by atoms with Crippen LogP contribution in [0.15, 0.2) is 11.6 Å². The van der Waals surface area contributed by atoms with Gasteiger partial charge in [0.2, 0.25) is 0 Å². The van der Waals surface area contributed by atoms with Crippen LogP contribution >= 0.6 is 0 Å². The monoisotopic (exact) mass is 332 g/mol. The fourth-order valence-corrected chi connectivity index (χ4v) is 7.39. The molecule has 0 bridgehead atoms. The lowest BCUT2D eigenvalue weighted by molar-refractivity contribution is -0.128. The Kier molecular flexibility index (Phi) is 3.78. The molecular formula is C21H32O3. The van der Waals surface area contributed by atoms with Crippen LogP contribution in [0.25, 0.3) is 0 Å². The molecule has 4 aliphatic carbocycles. The second kappa shape index (κ2) is 5.41. The first-order valence-electron chi connectivity index (χ1n) is 9.86. The maximum absolute atomic E-state index is 12.2. The number of Topliss-reactive ketones (excluding diaryl/α,β-unsaturated/α-hetero) is 1. The third-order valence-corrected chi connectivity index (χ3v) is 8.66. The molecule has 3 heteroatoms. The lowest BCUT2D eigenvalue weighted by Crippen LogP contribution is -2.53. The van der Waals surface area contributed by atoms with Crippen LogP contribution in [0.3, 0.4) is 0 Å². The van der Waals surface area contributed by atoms with Crippen LogP contribution in [0.2, 0.25) is 0 Å². The van der Waals surface area contributed by atoms with E-state index >= 15 is 0 Å². The fraction of sp³-hybridized carbons (Fsp3) is 0.857. The molecule has 0 aliphatic heterocycles. The van der Waals surface area contributed by atoms with Crippen molar-refractivity contribution in [2.24, 2.45) is 34.5 Å². The molecule has 4 rings (SSSR count). The van der Waals surface area contributed by atoms with Gasteiger partial charge in [0.05, 0.1) is 6.10 Å². The molecule has 0 aromatic heterocycles. The first-order chi connectivity index (χ1) is 11.3. The van der Waals surface area contributed by atoms with Gasteiger partial charge in [0.15, 0.2) is 0 Å². The predicted octanol–water partition coefficient (Wildman–Crippen LogP) is 3.49. The van der Waals surface area contributed by atoms with Crippen molar-refractivity contribution in [3.05, 3.63) is 11.6 Å². The van der Waals surface area contributed by atoms with Gasteiger partial charge in [0.1, 0.15) is 11.9 Å². The van der Waals surface area contributed by atoms with Gasteiger partial charge in [-0.3, -0.25) is 4.79 Å². The zero-order valence-corrected chi connectivity index (χ0v) is 15.3. The van der Waals surface area contributed by atoms with Crippen molar-refractivity contribution < 1.29 is 15.0 Å². The molecular weight excluding hydrogens is 300 g/mol. The molecule has 24 heavy (non-hydrogen) atoms. The Bertz CT molecular complexity index is 582. The third kappa shape index (κ3) is 2.07. The number of rotatable bonds is 1. The van der Waals surface area contributed by atoms with Gasteiger partial charge in [-0.15, -0.1) is 0 Å². The Morgan fingerprint density at radius 3 is 2.54 bits per heavy atom. The van der Waals surface area contributed by atoms with Crippen molar-refractivity contribution in [2.75, 3.05) is 0 Å². The molecule has 0 radical (unpaired) electrons. The highest BCUT2D eigenvalue weighted by Gasteiger charge is 2.60. The normalized spacial score (nSPS) is 53.6. The van der Waals surface area contributed by atoms with E-state index in [9.17, 15) is 15.0 Å². The molecule has 3 nitrogen and oxygen atoms in total. The van der Waals surface area contributed by atoms with Crippen molar-refractivity contribution in [3.63, 3.8) is 0 Å². The zero-order chi connectivity index (χ0) is 17.3. The summed E-state index contributed by atoms with van der Waals surface area (Å²) in [5.74, 6) is 2.52. The molecule has 3 saturated carbocycles. The summed E-state index contributed by atoms with van der Waals surface area (Å²) in [6, 6.07) is 0. The highest BCUT2D eigenvalue weighted by Crippen LogP contribution is 2.66. The summed E-state index contributed by atoms with van der Waals surface area (Å²) in [7, 11) is 0. The van der Waals surface area contributed by atoms with Crippen molar-refractivity contribution in [1.82, 2.24) is 0 Å². The Labute approximate surface area is 145 Å². The van der Waals surface area contributed by atoms with E-state index in [1.807, 2.05) is 0 Å². The minimum atomic E-state index is -0.674. The average molecular weight is 332 g/mol. The van der Waals surface area contributed by atoms with Crippen molar-refractivity contribution in [1.29, 1.82) is 0 Å². The van der Waals surface area contributed by atoms with Gasteiger partial charge >= 0.3 is 0 Å². The van der Waals surface area contributed by atoms with Crippen LogP contribution < -0.4 is 0 Å². The standard InChI is InChI=1S/C21H32O3/c1-12(22)14-6-7-15-13-4-5-17-19(24)18(23)9-11-21(17,3)16(13)8-10-20(14,15)2/h5,13-16,18-19,23-24H,4,6-11H2,1-3H3/t13-,14+,15-,16-,18-,19-,20+,21+/m0/s1. The van der Waals surface area contributed by atoms with Gasteiger partial charge in [-0.25, -0.2) is 0 Å². The topological polar surface area (TPSA) is 57.5 Å². The van der Waals surface area contributed by atoms with Crippen LogP contribution in [-0.4, -0.2) is 28.2 Å². The molecule has 8 atom stereocenters. The number of aliphatic hydroxyl groups excluding tert-OH is 2. The number of carbonyl (C=O) groups excluding carboxylic acids is 1. The average Bonchev–Trinajstić information content (AvgIpc) is 2.89. The molecule has 0 heterocycles. The molecule has 0 spiro atoms. The summed E-state index contributed by atoms with van der Waals surface area (Å²) >= 11 is 0. The second-order valence-electron chi connectivity index (χ2n) is 9.53. The highest BCUT2D eigenvalue weighted by atomic mass is 16.3. The quantitative estimate of drug-likeness (QED) is 0.723. The lowest BCUT2D eigenvalue weighted by Gasteiger charge is -2.58. The van der Waals surface area contributed by atoms with E-state index < -0.39 is 12.2 Å². The molecule has 3 fully saturated rings. The van der Waals surface area contributed by atoms with Crippen LogP contribution in [0.5, 0.6) is 0 Å². The summed E-state index contributed by atoms with van der Waals surface area (Å²) in [5.41, 5.74) is 1.32. The van der Waals surface area contributed by atoms with Crippen LogP contribution in [-0.2, 0) is 4.79 Å². The Morgan fingerprint density at radius 1 is 1.08 bits per heavy atom. The summed E-state index contributed by atoms with van der Waals surface area (Å²) in [4.78, 5) is 12.2. The van der Waals surface area contributed by atoms with E-state index in [0.717, 1.165) is 37.7 Å². The Morgan fingerprint density at radius 2 is 1.83 bits per heavy atom. The van der Waals surface area contributed by atoms with Gasteiger partial charge in [0.25, 0.3) is 0 Å².